The van der Waals surface area contributed by atoms with Gasteiger partial charge in [-0.25, -0.2) is 4.98 Å². The summed E-state index contributed by atoms with van der Waals surface area (Å²) in [5.74, 6) is 0.266. The average molecular weight is 318 g/mol. The zero-order valence-corrected chi connectivity index (χ0v) is 11.6. The molecule has 96 valence electrons. The molecule has 2 rings (SSSR count). The van der Waals surface area contributed by atoms with Crippen LogP contribution in [0.5, 0.6) is 0 Å². The summed E-state index contributed by atoms with van der Waals surface area (Å²) >= 11 is 3.28. The second-order valence-electron chi connectivity index (χ2n) is 3.85. The fourth-order valence-electron chi connectivity index (χ4n) is 1.45. The number of halogens is 1. The lowest BCUT2D eigenvalue weighted by Crippen LogP contribution is -2.08. The highest BCUT2D eigenvalue weighted by Gasteiger charge is 1.98. The van der Waals surface area contributed by atoms with Gasteiger partial charge in [0.1, 0.15) is 5.82 Å². The van der Waals surface area contributed by atoms with E-state index in [4.69, 9.17) is 5.73 Å². The van der Waals surface area contributed by atoms with Crippen LogP contribution >= 0.6 is 15.9 Å². The van der Waals surface area contributed by atoms with E-state index < -0.39 is 0 Å². The number of benzene rings is 1. The Hall–Kier alpha value is -2.14. The zero-order valence-electron chi connectivity index (χ0n) is 10.0. The van der Waals surface area contributed by atoms with E-state index in [0.29, 0.717) is 11.5 Å². The van der Waals surface area contributed by atoms with Crippen LogP contribution in [0.25, 0.3) is 6.08 Å². The first kappa shape index (κ1) is 13.3. The number of nitrogens with zero attached hydrogens (tertiary/aromatic N) is 1. The molecule has 3 N–H and O–H groups in total. The second-order valence-corrected chi connectivity index (χ2v) is 4.77. The van der Waals surface area contributed by atoms with Crippen molar-refractivity contribution in [1.82, 2.24) is 4.98 Å². The lowest BCUT2D eigenvalue weighted by Gasteiger charge is -2.00. The van der Waals surface area contributed by atoms with Gasteiger partial charge in [-0.3, -0.25) is 4.79 Å². The number of pyridine rings is 1. The van der Waals surface area contributed by atoms with Gasteiger partial charge in [0.05, 0.1) is 0 Å². The minimum absolute atomic E-state index is 0.239. The molecule has 19 heavy (non-hydrogen) atoms. The normalized spacial score (nSPS) is 10.6. The first-order valence-corrected chi connectivity index (χ1v) is 6.39. The summed E-state index contributed by atoms with van der Waals surface area (Å²) in [6, 6.07) is 10.8. The number of hydrogen-bond donors (Lipinski definition) is 2. The molecule has 0 aliphatic rings. The number of hydrogen-bond acceptors (Lipinski definition) is 3. The molecule has 0 aliphatic heterocycles. The molecule has 0 fully saturated rings. The molecule has 0 atom stereocenters. The van der Waals surface area contributed by atoms with Crippen molar-refractivity contribution in [2.45, 2.75) is 0 Å². The van der Waals surface area contributed by atoms with Gasteiger partial charge in [-0.1, -0.05) is 12.1 Å². The van der Waals surface area contributed by atoms with Crippen molar-refractivity contribution in [1.29, 1.82) is 0 Å². The molecule has 0 unspecified atom stereocenters. The lowest BCUT2D eigenvalue weighted by atomic mass is 10.2. The van der Waals surface area contributed by atoms with Gasteiger partial charge in [0.2, 0.25) is 5.91 Å². The minimum atomic E-state index is -0.239. The van der Waals surface area contributed by atoms with Crippen LogP contribution in [-0.4, -0.2) is 10.9 Å². The molecule has 1 amide bonds. The molecule has 0 bridgehead atoms. The van der Waals surface area contributed by atoms with Gasteiger partial charge in [0.15, 0.2) is 0 Å². The first-order chi connectivity index (χ1) is 9.13. The number of nitrogens with two attached hydrogens (primary N) is 1. The van der Waals surface area contributed by atoms with Gasteiger partial charge in [-0.15, -0.1) is 0 Å². The maximum absolute atomic E-state index is 11.7. The van der Waals surface area contributed by atoms with E-state index in [-0.39, 0.29) is 5.91 Å². The summed E-state index contributed by atoms with van der Waals surface area (Å²) in [6.45, 7) is 0. The van der Waals surface area contributed by atoms with E-state index in [0.717, 1.165) is 10.0 Å². The summed E-state index contributed by atoms with van der Waals surface area (Å²) in [4.78, 5) is 15.7. The number of nitrogens with one attached hydrogen (secondary N) is 1. The van der Waals surface area contributed by atoms with Crippen LogP contribution in [0.15, 0.2) is 53.1 Å². The van der Waals surface area contributed by atoms with Crippen LogP contribution in [-0.2, 0) is 4.79 Å². The van der Waals surface area contributed by atoms with Crippen molar-refractivity contribution in [3.8, 4) is 0 Å². The maximum Gasteiger partial charge on any atom is 0.249 e. The number of aromatic nitrogens is 1. The Morgan fingerprint density at radius 2 is 2.16 bits per heavy atom. The van der Waals surface area contributed by atoms with Crippen molar-refractivity contribution < 1.29 is 4.79 Å². The lowest BCUT2D eigenvalue weighted by molar-refractivity contribution is -0.111. The predicted molar refractivity (Wildman–Crippen MR) is 80.5 cm³/mol. The summed E-state index contributed by atoms with van der Waals surface area (Å²) in [7, 11) is 0. The Bertz CT molecular complexity index is 608. The SMILES string of the molecule is Nc1cccc(/C=C/C(=O)Nc2ccc(Br)cn2)c1. The van der Waals surface area contributed by atoms with Crippen LogP contribution in [0.3, 0.4) is 0 Å². The van der Waals surface area contributed by atoms with E-state index in [2.05, 4.69) is 26.2 Å². The summed E-state index contributed by atoms with van der Waals surface area (Å²) in [6.07, 6.45) is 4.76. The fraction of sp³-hybridized carbons (Fsp3) is 0. The van der Waals surface area contributed by atoms with Gasteiger partial charge < -0.3 is 11.1 Å². The van der Waals surface area contributed by atoms with Crippen molar-refractivity contribution in [2.75, 3.05) is 11.1 Å². The Morgan fingerprint density at radius 3 is 2.84 bits per heavy atom. The van der Waals surface area contributed by atoms with Crippen molar-refractivity contribution in [3.63, 3.8) is 0 Å². The summed E-state index contributed by atoms with van der Waals surface area (Å²) < 4.78 is 0.862. The Kier molecular flexibility index (Phi) is 4.30. The van der Waals surface area contributed by atoms with Crippen LogP contribution in [0.2, 0.25) is 0 Å². The van der Waals surface area contributed by atoms with Crippen LogP contribution in [0.4, 0.5) is 11.5 Å². The smallest absolute Gasteiger partial charge is 0.249 e. The van der Waals surface area contributed by atoms with Crippen LogP contribution in [0.1, 0.15) is 5.56 Å². The Morgan fingerprint density at radius 1 is 1.32 bits per heavy atom. The van der Waals surface area contributed by atoms with Gasteiger partial charge in [0.25, 0.3) is 0 Å². The summed E-state index contributed by atoms with van der Waals surface area (Å²) in [5, 5.41) is 2.67. The highest BCUT2D eigenvalue weighted by Crippen LogP contribution is 2.11. The Balaban J connectivity index is 1.99. The highest BCUT2D eigenvalue weighted by molar-refractivity contribution is 9.10. The monoisotopic (exact) mass is 317 g/mol. The van der Waals surface area contributed by atoms with Gasteiger partial charge in [-0.2, -0.15) is 0 Å². The van der Waals surface area contributed by atoms with Gasteiger partial charge >= 0.3 is 0 Å². The molecule has 1 aromatic carbocycles. The second kappa shape index (κ2) is 6.15. The van der Waals surface area contributed by atoms with Gasteiger partial charge in [0, 0.05) is 22.4 Å². The average Bonchev–Trinajstić information content (AvgIpc) is 2.39. The third-order valence-corrected chi connectivity index (χ3v) is 2.79. The van der Waals surface area contributed by atoms with Crippen LogP contribution in [0, 0.1) is 0 Å². The largest absolute Gasteiger partial charge is 0.399 e. The molecule has 4 nitrogen and oxygen atoms in total. The van der Waals surface area contributed by atoms with E-state index >= 15 is 0 Å². The maximum atomic E-state index is 11.7. The molecule has 2 aromatic rings. The standard InChI is InChI=1S/C14H12BrN3O/c15-11-5-6-13(17-9-11)18-14(19)7-4-10-2-1-3-12(16)8-10/h1-9H,16H2,(H,17,18,19)/b7-4+. The Labute approximate surface area is 119 Å². The number of amides is 1. The minimum Gasteiger partial charge on any atom is -0.399 e. The third-order valence-electron chi connectivity index (χ3n) is 2.32. The van der Waals surface area contributed by atoms with E-state index in [9.17, 15) is 4.79 Å². The molecule has 0 aliphatic carbocycles. The van der Waals surface area contributed by atoms with Crippen molar-refractivity contribution in [2.24, 2.45) is 0 Å². The van der Waals surface area contributed by atoms with Crippen molar-refractivity contribution >= 4 is 39.4 Å². The number of nitrogen functional groups attached to an aromatic ring is 1. The number of anilines is 2. The molecule has 1 aromatic heterocycles. The molecule has 5 heteroatoms. The van der Waals surface area contributed by atoms with E-state index in [1.54, 1.807) is 30.5 Å². The predicted octanol–water partition coefficient (Wildman–Crippen LogP) is 3.08. The number of carbonyl (C=O) groups is 1. The highest BCUT2D eigenvalue weighted by atomic mass is 79.9. The molecule has 1 heterocycles. The zero-order chi connectivity index (χ0) is 13.7. The van der Waals surface area contributed by atoms with E-state index in [1.807, 2.05) is 18.2 Å². The molecule has 0 saturated heterocycles. The quantitative estimate of drug-likeness (QED) is 0.675. The molecular weight excluding hydrogens is 306 g/mol. The summed E-state index contributed by atoms with van der Waals surface area (Å²) in [5.41, 5.74) is 7.19. The molecule has 0 spiro atoms. The van der Waals surface area contributed by atoms with Crippen LogP contribution < -0.4 is 11.1 Å². The molecule has 0 radical (unpaired) electrons. The number of rotatable bonds is 3. The van der Waals surface area contributed by atoms with E-state index in [1.165, 1.54) is 6.08 Å². The number of carbonyl (C=O) groups excluding carboxylic acids is 1. The molecule has 0 saturated carbocycles. The topological polar surface area (TPSA) is 68.0 Å². The first-order valence-electron chi connectivity index (χ1n) is 5.59. The third kappa shape index (κ3) is 4.22. The fourth-order valence-corrected chi connectivity index (χ4v) is 1.69. The van der Waals surface area contributed by atoms with Gasteiger partial charge in [-0.05, 0) is 51.8 Å². The molecular formula is C14H12BrN3O. The van der Waals surface area contributed by atoms with Crippen molar-refractivity contribution in [3.05, 3.63) is 58.7 Å².